The molecule has 0 radical (unpaired) electrons. The van der Waals surface area contributed by atoms with Gasteiger partial charge in [0, 0.05) is 24.4 Å². The number of hydrogen-bond donors (Lipinski definition) is 0. The van der Waals surface area contributed by atoms with Crippen LogP contribution >= 0.6 is 22.9 Å². The van der Waals surface area contributed by atoms with Crippen molar-refractivity contribution in [2.75, 3.05) is 13.6 Å². The molecule has 0 fully saturated rings. The van der Waals surface area contributed by atoms with Crippen molar-refractivity contribution in [1.82, 2.24) is 19.5 Å². The lowest BCUT2D eigenvalue weighted by atomic mass is 9.90. The number of aromatic nitrogens is 3. The van der Waals surface area contributed by atoms with Crippen LogP contribution in [0.5, 0.6) is 0 Å². The van der Waals surface area contributed by atoms with Crippen molar-refractivity contribution in [3.63, 3.8) is 0 Å². The molecule has 20 heavy (non-hydrogen) atoms. The van der Waals surface area contributed by atoms with E-state index >= 15 is 0 Å². The predicted octanol–water partition coefficient (Wildman–Crippen LogP) is 2.50. The quantitative estimate of drug-likeness (QED) is 0.874. The van der Waals surface area contributed by atoms with Gasteiger partial charge >= 0.3 is 0 Å². The molecule has 1 atom stereocenters. The topological polar surface area (TPSA) is 59.0 Å². The fourth-order valence-electron chi connectivity index (χ4n) is 2.67. The van der Waals surface area contributed by atoms with E-state index in [4.69, 9.17) is 0 Å². The van der Waals surface area contributed by atoms with Gasteiger partial charge < -0.3 is 4.90 Å². The van der Waals surface area contributed by atoms with E-state index in [0.717, 1.165) is 29.4 Å². The summed E-state index contributed by atoms with van der Waals surface area (Å²) in [7, 11) is 1.84. The third kappa shape index (κ3) is 2.60. The molecule has 1 aliphatic rings. The van der Waals surface area contributed by atoms with Crippen molar-refractivity contribution >= 4 is 28.8 Å². The Hall–Kier alpha value is -1.34. The number of amides is 1. The van der Waals surface area contributed by atoms with Gasteiger partial charge in [0.2, 0.25) is 0 Å². The SMILES string of the molecule is Cc1nc2c(s1)CCCC2CN(C)C(=O)c1cnns1. The average molecular weight is 308 g/mol. The van der Waals surface area contributed by atoms with Crippen molar-refractivity contribution in [2.45, 2.75) is 32.1 Å². The van der Waals surface area contributed by atoms with Crippen molar-refractivity contribution in [3.05, 3.63) is 26.7 Å². The minimum absolute atomic E-state index is 0.000856. The molecule has 2 heterocycles. The smallest absolute Gasteiger partial charge is 0.266 e. The molecule has 1 unspecified atom stereocenters. The maximum absolute atomic E-state index is 12.2. The zero-order valence-corrected chi connectivity index (χ0v) is 13.1. The van der Waals surface area contributed by atoms with Gasteiger partial charge in [0.25, 0.3) is 5.91 Å². The molecule has 0 N–H and O–H groups in total. The summed E-state index contributed by atoms with van der Waals surface area (Å²) in [5.41, 5.74) is 1.21. The van der Waals surface area contributed by atoms with E-state index in [-0.39, 0.29) is 5.91 Å². The van der Waals surface area contributed by atoms with E-state index in [1.807, 2.05) is 7.05 Å². The third-order valence-corrected chi connectivity index (χ3v) is 5.29. The molecule has 1 aliphatic carbocycles. The highest BCUT2D eigenvalue weighted by atomic mass is 32.1. The predicted molar refractivity (Wildman–Crippen MR) is 79.4 cm³/mol. The Balaban J connectivity index is 1.74. The Morgan fingerprint density at radius 1 is 1.55 bits per heavy atom. The summed E-state index contributed by atoms with van der Waals surface area (Å²) in [4.78, 5) is 20.7. The van der Waals surface area contributed by atoms with Crippen LogP contribution in [0.25, 0.3) is 0 Å². The molecule has 106 valence electrons. The fourth-order valence-corrected chi connectivity index (χ4v) is 4.24. The zero-order valence-electron chi connectivity index (χ0n) is 11.5. The molecule has 7 heteroatoms. The number of thiazole rings is 1. The normalized spacial score (nSPS) is 17.8. The average Bonchev–Trinajstić information content (AvgIpc) is 3.06. The van der Waals surface area contributed by atoms with Crippen LogP contribution in [0.3, 0.4) is 0 Å². The maximum Gasteiger partial charge on any atom is 0.266 e. The molecule has 0 saturated heterocycles. The number of rotatable bonds is 3. The molecule has 3 rings (SSSR count). The second kappa shape index (κ2) is 5.57. The van der Waals surface area contributed by atoms with Gasteiger partial charge in [-0.05, 0) is 37.7 Å². The van der Waals surface area contributed by atoms with E-state index in [0.29, 0.717) is 17.3 Å². The molecule has 0 spiro atoms. The van der Waals surface area contributed by atoms with Crippen LogP contribution in [0.4, 0.5) is 0 Å². The molecule has 0 bridgehead atoms. The van der Waals surface area contributed by atoms with E-state index in [9.17, 15) is 4.79 Å². The number of carbonyl (C=O) groups is 1. The highest BCUT2D eigenvalue weighted by molar-refractivity contribution is 7.11. The van der Waals surface area contributed by atoms with Crippen LogP contribution in [-0.2, 0) is 6.42 Å². The lowest BCUT2D eigenvalue weighted by molar-refractivity contribution is 0.0787. The summed E-state index contributed by atoms with van der Waals surface area (Å²) >= 11 is 2.94. The molecule has 0 aromatic carbocycles. The number of hydrogen-bond acceptors (Lipinski definition) is 6. The molecule has 0 aliphatic heterocycles. The molecule has 2 aromatic heterocycles. The van der Waals surface area contributed by atoms with Crippen LogP contribution < -0.4 is 0 Å². The van der Waals surface area contributed by atoms with Gasteiger partial charge in [-0.2, -0.15) is 0 Å². The van der Waals surface area contributed by atoms with Gasteiger partial charge in [-0.3, -0.25) is 4.79 Å². The van der Waals surface area contributed by atoms with Gasteiger partial charge in [0.1, 0.15) is 4.88 Å². The fraction of sp³-hybridized carbons (Fsp3) is 0.538. The molecule has 5 nitrogen and oxygen atoms in total. The summed E-state index contributed by atoms with van der Waals surface area (Å²) in [6.45, 7) is 2.77. The monoisotopic (exact) mass is 308 g/mol. The van der Waals surface area contributed by atoms with Crippen molar-refractivity contribution in [1.29, 1.82) is 0 Å². The number of likely N-dealkylation sites (N-methyl/N-ethyl adjacent to an activating group) is 1. The highest BCUT2D eigenvalue weighted by Gasteiger charge is 2.27. The summed E-state index contributed by atoms with van der Waals surface area (Å²) in [5, 5.41) is 4.85. The van der Waals surface area contributed by atoms with Crippen LogP contribution in [0.15, 0.2) is 6.20 Å². The minimum Gasteiger partial charge on any atom is -0.340 e. The zero-order chi connectivity index (χ0) is 14.1. The standard InChI is InChI=1S/C13H16N4OS2/c1-8-15-12-9(4-3-5-10(12)19-8)7-17(2)13(18)11-6-14-16-20-11/h6,9H,3-5,7H2,1-2H3. The van der Waals surface area contributed by atoms with E-state index in [2.05, 4.69) is 21.5 Å². The van der Waals surface area contributed by atoms with E-state index < -0.39 is 0 Å². The number of fused-ring (bicyclic) bond motifs is 1. The Bertz CT molecular complexity index is 608. The van der Waals surface area contributed by atoms with Crippen LogP contribution in [0.1, 0.15) is 44.0 Å². The maximum atomic E-state index is 12.2. The molecule has 1 amide bonds. The lowest BCUT2D eigenvalue weighted by Crippen LogP contribution is -2.31. The molecular weight excluding hydrogens is 292 g/mol. The lowest BCUT2D eigenvalue weighted by Gasteiger charge is -2.26. The van der Waals surface area contributed by atoms with Gasteiger partial charge in [-0.15, -0.1) is 16.4 Å². The van der Waals surface area contributed by atoms with E-state index in [1.54, 1.807) is 16.2 Å². The summed E-state index contributed by atoms with van der Waals surface area (Å²) < 4.78 is 3.75. The first kappa shape index (κ1) is 13.6. The number of nitrogens with zero attached hydrogens (tertiary/aromatic N) is 4. The molecule has 0 saturated carbocycles. The Morgan fingerprint density at radius 3 is 3.15 bits per heavy atom. The third-order valence-electron chi connectivity index (χ3n) is 3.59. The van der Waals surface area contributed by atoms with Gasteiger partial charge in [-0.1, -0.05) is 4.49 Å². The Kier molecular flexibility index (Phi) is 3.80. The molecule has 2 aromatic rings. The first-order valence-corrected chi connectivity index (χ1v) is 8.23. The number of carbonyl (C=O) groups excluding carboxylic acids is 1. The van der Waals surface area contributed by atoms with Gasteiger partial charge in [0.15, 0.2) is 0 Å². The van der Waals surface area contributed by atoms with E-state index in [1.165, 1.54) is 23.2 Å². The van der Waals surface area contributed by atoms with Crippen LogP contribution in [0, 0.1) is 6.92 Å². The Labute approximate surface area is 125 Å². The van der Waals surface area contributed by atoms with Crippen molar-refractivity contribution < 1.29 is 4.79 Å². The summed E-state index contributed by atoms with van der Waals surface area (Å²) in [5.74, 6) is 0.359. The highest BCUT2D eigenvalue weighted by Crippen LogP contribution is 2.35. The van der Waals surface area contributed by atoms with Gasteiger partial charge in [-0.25, -0.2) is 4.98 Å². The van der Waals surface area contributed by atoms with Crippen LogP contribution in [-0.4, -0.2) is 39.0 Å². The van der Waals surface area contributed by atoms with Crippen molar-refractivity contribution in [3.8, 4) is 0 Å². The molecular formula is C13H16N4OS2. The summed E-state index contributed by atoms with van der Waals surface area (Å²) in [6.07, 6.45) is 4.95. The van der Waals surface area contributed by atoms with Crippen LogP contribution in [0.2, 0.25) is 0 Å². The van der Waals surface area contributed by atoms with Gasteiger partial charge in [0.05, 0.1) is 16.9 Å². The Morgan fingerprint density at radius 2 is 2.40 bits per heavy atom. The first-order chi connectivity index (χ1) is 9.65. The number of aryl methyl sites for hydroxylation is 2. The second-order valence-corrected chi connectivity index (χ2v) is 7.17. The second-order valence-electron chi connectivity index (χ2n) is 5.10. The van der Waals surface area contributed by atoms with Crippen molar-refractivity contribution in [2.24, 2.45) is 0 Å². The first-order valence-electron chi connectivity index (χ1n) is 6.64. The summed E-state index contributed by atoms with van der Waals surface area (Å²) in [6, 6.07) is 0. The largest absolute Gasteiger partial charge is 0.340 e. The minimum atomic E-state index is -0.000856.